The van der Waals surface area contributed by atoms with Gasteiger partial charge in [-0.25, -0.2) is 0 Å². The highest BCUT2D eigenvalue weighted by Crippen LogP contribution is 2.35. The zero-order valence-electron chi connectivity index (χ0n) is 11.4. The fourth-order valence-corrected chi connectivity index (χ4v) is 3.41. The zero-order chi connectivity index (χ0) is 14.0. The quantitative estimate of drug-likeness (QED) is 0.921. The molecule has 0 aromatic heterocycles. The van der Waals surface area contributed by atoms with Crippen molar-refractivity contribution in [2.45, 2.75) is 32.7 Å². The number of likely N-dealkylation sites (tertiary alicyclic amines) is 1. The van der Waals surface area contributed by atoms with E-state index in [0.29, 0.717) is 6.54 Å². The summed E-state index contributed by atoms with van der Waals surface area (Å²) < 4.78 is 1.09. The lowest BCUT2D eigenvalue weighted by molar-refractivity contribution is -0.151. The molecule has 2 atom stereocenters. The average Bonchev–Trinajstić information content (AvgIpc) is 2.38. The van der Waals surface area contributed by atoms with Crippen LogP contribution in [0.25, 0.3) is 0 Å². The van der Waals surface area contributed by atoms with Crippen molar-refractivity contribution in [2.75, 3.05) is 13.1 Å². The summed E-state index contributed by atoms with van der Waals surface area (Å²) >= 11 is 3.58. The normalized spacial score (nSPS) is 26.1. The number of rotatable bonds is 3. The van der Waals surface area contributed by atoms with E-state index in [1.165, 1.54) is 5.56 Å². The van der Waals surface area contributed by atoms with E-state index < -0.39 is 11.4 Å². The number of carboxylic acids is 1. The molecular weight excluding hydrogens is 306 g/mol. The van der Waals surface area contributed by atoms with Gasteiger partial charge < -0.3 is 5.11 Å². The Morgan fingerprint density at radius 1 is 1.47 bits per heavy atom. The summed E-state index contributed by atoms with van der Waals surface area (Å²) in [7, 11) is 0. The van der Waals surface area contributed by atoms with Gasteiger partial charge in [0.15, 0.2) is 0 Å². The first kappa shape index (κ1) is 14.5. The molecule has 0 spiro atoms. The molecule has 0 amide bonds. The van der Waals surface area contributed by atoms with Crippen LogP contribution in [-0.4, -0.2) is 29.1 Å². The minimum Gasteiger partial charge on any atom is -0.481 e. The predicted octanol–water partition coefficient (Wildman–Crippen LogP) is 3.70. The maximum Gasteiger partial charge on any atom is 0.310 e. The molecule has 4 heteroatoms. The van der Waals surface area contributed by atoms with Crippen molar-refractivity contribution in [3.63, 3.8) is 0 Å². The summed E-state index contributed by atoms with van der Waals surface area (Å²) in [6, 6.07) is 8.39. The minimum absolute atomic E-state index is 0.231. The Kier molecular flexibility index (Phi) is 4.31. The predicted molar refractivity (Wildman–Crippen MR) is 79.1 cm³/mol. The second kappa shape index (κ2) is 5.63. The van der Waals surface area contributed by atoms with Gasteiger partial charge in [-0.1, -0.05) is 34.1 Å². The first-order valence-electron chi connectivity index (χ1n) is 6.66. The largest absolute Gasteiger partial charge is 0.481 e. The fraction of sp³-hybridized carbons (Fsp3) is 0.533. The van der Waals surface area contributed by atoms with E-state index in [1.54, 1.807) is 0 Å². The molecule has 3 nitrogen and oxygen atoms in total. The van der Waals surface area contributed by atoms with E-state index in [-0.39, 0.29) is 6.04 Å². The van der Waals surface area contributed by atoms with Gasteiger partial charge in [0.05, 0.1) is 5.41 Å². The molecule has 104 valence electrons. The van der Waals surface area contributed by atoms with Crippen LogP contribution in [0.15, 0.2) is 28.7 Å². The minimum atomic E-state index is -0.684. The molecule has 0 aliphatic carbocycles. The number of halogens is 1. The number of aliphatic carboxylic acids is 1. The lowest BCUT2D eigenvalue weighted by Gasteiger charge is -2.41. The first-order valence-corrected chi connectivity index (χ1v) is 7.45. The van der Waals surface area contributed by atoms with Gasteiger partial charge in [-0.3, -0.25) is 9.69 Å². The topological polar surface area (TPSA) is 40.5 Å². The van der Waals surface area contributed by atoms with Crippen LogP contribution in [-0.2, 0) is 4.79 Å². The van der Waals surface area contributed by atoms with Crippen molar-refractivity contribution in [3.05, 3.63) is 34.3 Å². The summed E-state index contributed by atoms with van der Waals surface area (Å²) in [4.78, 5) is 13.7. The van der Waals surface area contributed by atoms with Crippen LogP contribution < -0.4 is 0 Å². The molecule has 19 heavy (non-hydrogen) atoms. The van der Waals surface area contributed by atoms with Crippen LogP contribution in [0.2, 0.25) is 0 Å². The Hall–Kier alpha value is -0.870. The third-order valence-corrected chi connectivity index (χ3v) is 4.87. The highest BCUT2D eigenvalue weighted by atomic mass is 79.9. The zero-order valence-corrected chi connectivity index (χ0v) is 13.0. The number of hydrogen-bond donors (Lipinski definition) is 1. The third-order valence-electron chi connectivity index (χ3n) is 4.15. The van der Waals surface area contributed by atoms with Crippen molar-refractivity contribution >= 4 is 21.9 Å². The van der Waals surface area contributed by atoms with Gasteiger partial charge >= 0.3 is 5.97 Å². The van der Waals surface area contributed by atoms with E-state index in [4.69, 9.17) is 0 Å². The monoisotopic (exact) mass is 325 g/mol. The van der Waals surface area contributed by atoms with Crippen molar-refractivity contribution in [2.24, 2.45) is 5.41 Å². The third kappa shape index (κ3) is 3.00. The van der Waals surface area contributed by atoms with Crippen molar-refractivity contribution in [3.8, 4) is 0 Å². The lowest BCUT2D eigenvalue weighted by atomic mass is 9.81. The number of hydrogen-bond acceptors (Lipinski definition) is 2. The van der Waals surface area contributed by atoms with Crippen LogP contribution in [0, 0.1) is 5.41 Å². The van der Waals surface area contributed by atoms with Crippen LogP contribution in [0.5, 0.6) is 0 Å². The molecule has 0 saturated carbocycles. The van der Waals surface area contributed by atoms with Crippen molar-refractivity contribution in [1.82, 2.24) is 4.90 Å². The van der Waals surface area contributed by atoms with Crippen LogP contribution in [0.1, 0.15) is 38.3 Å². The van der Waals surface area contributed by atoms with Crippen molar-refractivity contribution < 1.29 is 9.90 Å². The molecule has 1 heterocycles. The van der Waals surface area contributed by atoms with Gasteiger partial charge in [-0.2, -0.15) is 0 Å². The summed E-state index contributed by atoms with van der Waals surface area (Å²) in [6.07, 6.45) is 1.71. The molecule has 1 aromatic carbocycles. The highest BCUT2D eigenvalue weighted by molar-refractivity contribution is 9.10. The maximum atomic E-state index is 11.4. The van der Waals surface area contributed by atoms with Crippen LogP contribution in [0.4, 0.5) is 0 Å². The van der Waals surface area contributed by atoms with E-state index in [9.17, 15) is 9.90 Å². The number of nitrogens with zero attached hydrogens (tertiary/aromatic N) is 1. The molecule has 2 rings (SSSR count). The molecule has 0 radical (unpaired) electrons. The lowest BCUT2D eigenvalue weighted by Crippen LogP contribution is -2.46. The second-order valence-corrected chi connectivity index (χ2v) is 6.49. The van der Waals surface area contributed by atoms with E-state index in [2.05, 4.69) is 33.8 Å². The molecule has 2 unspecified atom stereocenters. The number of carbonyl (C=O) groups is 1. The molecule has 0 bridgehead atoms. The molecule has 1 aliphatic heterocycles. The molecule has 1 fully saturated rings. The molecule has 1 aromatic rings. The Balaban J connectivity index is 2.18. The Morgan fingerprint density at radius 3 is 2.79 bits per heavy atom. The van der Waals surface area contributed by atoms with Gasteiger partial charge in [0, 0.05) is 17.1 Å². The van der Waals surface area contributed by atoms with E-state index >= 15 is 0 Å². The Bertz CT molecular complexity index is 477. The standard InChI is InChI=1S/C15H20BrNO2/c1-11(12-6-3-4-7-13(12)16)17-9-5-8-15(2,10-17)14(18)19/h3-4,6-7,11H,5,8-10H2,1-2H3,(H,18,19). The number of piperidine rings is 1. The molecular formula is C15H20BrNO2. The maximum absolute atomic E-state index is 11.4. The van der Waals surface area contributed by atoms with Gasteiger partial charge in [-0.15, -0.1) is 0 Å². The van der Waals surface area contributed by atoms with Gasteiger partial charge in [0.2, 0.25) is 0 Å². The average molecular weight is 326 g/mol. The second-order valence-electron chi connectivity index (χ2n) is 5.64. The highest BCUT2D eigenvalue weighted by Gasteiger charge is 2.39. The van der Waals surface area contributed by atoms with Gasteiger partial charge in [-0.05, 0) is 44.9 Å². The Morgan fingerprint density at radius 2 is 2.16 bits per heavy atom. The summed E-state index contributed by atoms with van der Waals surface area (Å²) in [5, 5.41) is 9.39. The fourth-order valence-electron chi connectivity index (χ4n) is 2.79. The number of carboxylic acid groups (broad SMARTS) is 1. The Labute approximate surface area is 122 Å². The van der Waals surface area contributed by atoms with E-state index in [0.717, 1.165) is 23.9 Å². The van der Waals surface area contributed by atoms with Crippen LogP contribution in [0.3, 0.4) is 0 Å². The first-order chi connectivity index (χ1) is 8.94. The summed E-state index contributed by atoms with van der Waals surface area (Å²) in [5.41, 5.74) is 0.602. The molecule has 1 aliphatic rings. The van der Waals surface area contributed by atoms with E-state index in [1.807, 2.05) is 25.1 Å². The van der Waals surface area contributed by atoms with Gasteiger partial charge in [0.25, 0.3) is 0 Å². The molecule has 1 N–H and O–H groups in total. The SMILES string of the molecule is CC(c1ccccc1Br)N1CCCC(C)(C(=O)O)C1. The van der Waals surface area contributed by atoms with Crippen molar-refractivity contribution in [1.29, 1.82) is 0 Å². The van der Waals surface area contributed by atoms with Crippen LogP contribution >= 0.6 is 15.9 Å². The smallest absolute Gasteiger partial charge is 0.310 e. The summed E-state index contributed by atoms with van der Waals surface area (Å²) in [5.74, 6) is -0.684. The summed E-state index contributed by atoms with van der Waals surface area (Å²) in [6.45, 7) is 5.58. The van der Waals surface area contributed by atoms with Gasteiger partial charge in [0.1, 0.15) is 0 Å². The molecule has 1 saturated heterocycles. The number of benzene rings is 1.